The van der Waals surface area contributed by atoms with Gasteiger partial charge in [0.1, 0.15) is 6.10 Å². The summed E-state index contributed by atoms with van der Waals surface area (Å²) < 4.78 is 0.799. The second-order valence-corrected chi connectivity index (χ2v) is 4.73. The number of rotatable bonds is 1. The van der Waals surface area contributed by atoms with Gasteiger partial charge in [-0.2, -0.15) is 11.8 Å². The Balaban J connectivity index is 2.52. The molecule has 3 N–H and O–H groups in total. The van der Waals surface area contributed by atoms with Crippen LogP contribution in [0, 0.1) is 0 Å². The molecule has 1 rings (SSSR count). The van der Waals surface area contributed by atoms with Crippen molar-refractivity contribution in [2.45, 2.75) is 23.6 Å². The summed E-state index contributed by atoms with van der Waals surface area (Å²) in [6.45, 7) is 0. The van der Waals surface area contributed by atoms with Gasteiger partial charge in [-0.1, -0.05) is 22.6 Å². The average molecular weight is 290 g/mol. The van der Waals surface area contributed by atoms with E-state index in [0.717, 1.165) is 4.43 Å². The Morgan fingerprint density at radius 2 is 1.91 bits per heavy atom. The fourth-order valence-electron chi connectivity index (χ4n) is 1.00. The van der Waals surface area contributed by atoms with Gasteiger partial charge in [0, 0.05) is 15.4 Å². The van der Waals surface area contributed by atoms with E-state index in [9.17, 15) is 10.2 Å². The first kappa shape index (κ1) is 10.0. The maximum Gasteiger partial charge on any atom is 0.108 e. The number of aliphatic hydroxyl groups is 3. The van der Waals surface area contributed by atoms with Gasteiger partial charge in [0.15, 0.2) is 0 Å². The van der Waals surface area contributed by atoms with Gasteiger partial charge in [0.2, 0.25) is 0 Å². The summed E-state index contributed by atoms with van der Waals surface area (Å²) in [6, 6.07) is 0. The van der Waals surface area contributed by atoms with Gasteiger partial charge in [-0.15, -0.1) is 0 Å². The molecule has 0 aromatic rings. The smallest absolute Gasteiger partial charge is 0.108 e. The number of alkyl halides is 1. The first-order chi connectivity index (χ1) is 5.16. The van der Waals surface area contributed by atoms with Crippen molar-refractivity contribution in [3.63, 3.8) is 0 Å². The standard InChI is InChI=1S/C6H11IO3S/c7-1-4-6(10)5(9)3(8)2-11-4/h3-6,8-10H,1-2H2/t3-,4+,5-,6-/m1/s1. The minimum atomic E-state index is -0.962. The van der Waals surface area contributed by atoms with Crippen molar-refractivity contribution in [1.82, 2.24) is 0 Å². The first-order valence-corrected chi connectivity index (χ1v) is 5.96. The number of thioether (sulfide) groups is 1. The molecular weight excluding hydrogens is 279 g/mol. The highest BCUT2D eigenvalue weighted by Gasteiger charge is 2.36. The lowest BCUT2D eigenvalue weighted by Gasteiger charge is -2.33. The van der Waals surface area contributed by atoms with Crippen LogP contribution in [0.3, 0.4) is 0 Å². The summed E-state index contributed by atoms with van der Waals surface area (Å²) >= 11 is 3.68. The molecule has 1 aliphatic rings. The summed E-state index contributed by atoms with van der Waals surface area (Å²) in [4.78, 5) is 0. The number of hydrogen-bond acceptors (Lipinski definition) is 4. The van der Waals surface area contributed by atoms with Crippen LogP contribution >= 0.6 is 34.4 Å². The predicted octanol–water partition coefficient (Wildman–Crippen LogP) is -0.381. The van der Waals surface area contributed by atoms with E-state index in [2.05, 4.69) is 22.6 Å². The molecule has 0 bridgehead atoms. The van der Waals surface area contributed by atoms with Crippen molar-refractivity contribution in [3.05, 3.63) is 0 Å². The zero-order valence-corrected chi connectivity index (χ0v) is 8.83. The third-order valence-electron chi connectivity index (χ3n) is 1.76. The van der Waals surface area contributed by atoms with Crippen LogP contribution in [-0.2, 0) is 0 Å². The zero-order chi connectivity index (χ0) is 8.43. The number of halogens is 1. The van der Waals surface area contributed by atoms with Gasteiger partial charge in [-0.25, -0.2) is 0 Å². The Morgan fingerprint density at radius 1 is 1.27 bits per heavy atom. The topological polar surface area (TPSA) is 60.7 Å². The largest absolute Gasteiger partial charge is 0.389 e. The van der Waals surface area contributed by atoms with Gasteiger partial charge in [-0.05, 0) is 0 Å². The van der Waals surface area contributed by atoms with E-state index < -0.39 is 18.3 Å². The molecule has 0 aromatic carbocycles. The van der Waals surface area contributed by atoms with Gasteiger partial charge < -0.3 is 15.3 Å². The third-order valence-corrected chi connectivity index (χ3v) is 4.71. The second-order valence-electron chi connectivity index (χ2n) is 2.57. The lowest BCUT2D eigenvalue weighted by Crippen LogP contribution is -2.49. The maximum absolute atomic E-state index is 9.37. The Hall–Kier alpha value is 0.960. The fraction of sp³-hybridized carbons (Fsp3) is 1.00. The lowest BCUT2D eigenvalue weighted by atomic mass is 10.1. The van der Waals surface area contributed by atoms with E-state index in [-0.39, 0.29) is 5.25 Å². The van der Waals surface area contributed by atoms with Gasteiger partial charge in [0.25, 0.3) is 0 Å². The van der Waals surface area contributed by atoms with Crippen LogP contribution < -0.4 is 0 Å². The van der Waals surface area contributed by atoms with Gasteiger partial charge in [0.05, 0.1) is 12.2 Å². The van der Waals surface area contributed by atoms with Crippen LogP contribution in [0.2, 0.25) is 0 Å². The van der Waals surface area contributed by atoms with E-state index in [0.29, 0.717) is 5.75 Å². The lowest BCUT2D eigenvalue weighted by molar-refractivity contribution is -0.0527. The quantitative estimate of drug-likeness (QED) is 0.455. The third kappa shape index (κ3) is 2.21. The maximum atomic E-state index is 9.37. The Labute approximate surface area is 83.3 Å². The average Bonchev–Trinajstić information content (AvgIpc) is 2.01. The molecule has 0 spiro atoms. The van der Waals surface area contributed by atoms with Crippen molar-refractivity contribution in [1.29, 1.82) is 0 Å². The normalized spacial score (nSPS) is 45.8. The minimum Gasteiger partial charge on any atom is -0.389 e. The van der Waals surface area contributed by atoms with Crippen LogP contribution in [0.15, 0.2) is 0 Å². The van der Waals surface area contributed by atoms with Crippen molar-refractivity contribution in [2.75, 3.05) is 10.2 Å². The summed E-state index contributed by atoms with van der Waals surface area (Å²) in [5.74, 6) is 0.520. The van der Waals surface area contributed by atoms with Crippen molar-refractivity contribution in [2.24, 2.45) is 0 Å². The SMILES string of the molecule is O[C@H]1[C@H](O)[C@H](CI)SC[C@H]1O. The van der Waals surface area contributed by atoms with Crippen molar-refractivity contribution < 1.29 is 15.3 Å². The summed E-state index contributed by atoms with van der Waals surface area (Å²) in [5, 5.41) is 27.8. The van der Waals surface area contributed by atoms with Crippen molar-refractivity contribution >= 4 is 34.4 Å². The number of hydrogen-bond donors (Lipinski definition) is 3. The highest BCUT2D eigenvalue weighted by atomic mass is 127. The molecule has 0 saturated carbocycles. The molecule has 0 aliphatic carbocycles. The van der Waals surface area contributed by atoms with Crippen LogP contribution in [0.5, 0.6) is 0 Å². The molecule has 0 unspecified atom stereocenters. The molecule has 4 atom stereocenters. The van der Waals surface area contributed by atoms with E-state index in [1.807, 2.05) is 0 Å². The minimum absolute atomic E-state index is 0.0639. The second kappa shape index (κ2) is 4.27. The fourth-order valence-corrected chi connectivity index (χ4v) is 3.38. The molecule has 1 heterocycles. The molecule has 0 amide bonds. The Morgan fingerprint density at radius 3 is 2.45 bits per heavy atom. The highest BCUT2D eigenvalue weighted by molar-refractivity contribution is 14.1. The van der Waals surface area contributed by atoms with Crippen LogP contribution in [0.1, 0.15) is 0 Å². The van der Waals surface area contributed by atoms with Crippen LogP contribution in [-0.4, -0.2) is 49.1 Å². The highest BCUT2D eigenvalue weighted by Crippen LogP contribution is 2.27. The predicted molar refractivity (Wildman–Crippen MR) is 53.2 cm³/mol. The summed E-state index contributed by atoms with van der Waals surface area (Å²) in [6.07, 6.45) is -2.51. The molecule has 11 heavy (non-hydrogen) atoms. The van der Waals surface area contributed by atoms with E-state index in [1.54, 1.807) is 0 Å². The van der Waals surface area contributed by atoms with Gasteiger partial charge in [-0.3, -0.25) is 0 Å². The van der Waals surface area contributed by atoms with E-state index in [1.165, 1.54) is 11.8 Å². The van der Waals surface area contributed by atoms with Crippen LogP contribution in [0.4, 0.5) is 0 Å². The summed E-state index contributed by atoms with van der Waals surface area (Å²) in [7, 11) is 0. The van der Waals surface area contributed by atoms with Crippen molar-refractivity contribution in [3.8, 4) is 0 Å². The monoisotopic (exact) mass is 290 g/mol. The molecule has 0 radical (unpaired) electrons. The molecule has 1 fully saturated rings. The Bertz CT molecular complexity index is 133. The number of aliphatic hydroxyl groups excluding tert-OH is 3. The molecule has 66 valence electrons. The first-order valence-electron chi connectivity index (χ1n) is 3.38. The zero-order valence-electron chi connectivity index (χ0n) is 5.85. The van der Waals surface area contributed by atoms with Gasteiger partial charge >= 0.3 is 0 Å². The molecule has 5 heteroatoms. The Kier molecular flexibility index (Phi) is 3.90. The molecule has 3 nitrogen and oxygen atoms in total. The van der Waals surface area contributed by atoms with Crippen LogP contribution in [0.25, 0.3) is 0 Å². The van der Waals surface area contributed by atoms with E-state index in [4.69, 9.17) is 5.11 Å². The van der Waals surface area contributed by atoms with E-state index >= 15 is 0 Å². The summed E-state index contributed by atoms with van der Waals surface area (Å²) in [5.41, 5.74) is 0. The molecule has 1 saturated heterocycles. The molecular formula is C6H11IO3S. The molecule has 1 aliphatic heterocycles. The molecule has 0 aromatic heterocycles.